The molecule has 1 nitrogen and oxygen atoms in total. The smallest absolute Gasteiger partial charge is 0.0605 e. The Morgan fingerprint density at radius 1 is 1.44 bits per heavy atom. The van der Waals surface area contributed by atoms with Gasteiger partial charge in [0, 0.05) is 20.8 Å². The van der Waals surface area contributed by atoms with Crippen LogP contribution < -0.4 is 5.73 Å². The lowest BCUT2D eigenvalue weighted by atomic mass is 10.2. The predicted molar refractivity (Wildman–Crippen MR) is 78.6 cm³/mol. The second kappa shape index (κ2) is 5.69. The van der Waals surface area contributed by atoms with E-state index in [1.165, 1.54) is 9.09 Å². The molecule has 0 aliphatic carbocycles. The Morgan fingerprint density at radius 3 is 2.75 bits per heavy atom. The molecule has 0 aromatic carbocycles. The van der Waals surface area contributed by atoms with Crippen LogP contribution in [0.5, 0.6) is 0 Å². The number of thiophene rings is 2. The number of hydrogen-bond acceptors (Lipinski definition) is 4. The zero-order valence-electron chi connectivity index (χ0n) is 8.72. The van der Waals surface area contributed by atoms with E-state index in [2.05, 4.69) is 51.8 Å². The summed E-state index contributed by atoms with van der Waals surface area (Å²) in [7, 11) is 0. The largest absolute Gasteiger partial charge is 0.327 e. The molecule has 0 saturated carbocycles. The molecule has 16 heavy (non-hydrogen) atoms. The summed E-state index contributed by atoms with van der Waals surface area (Å²) in [6.45, 7) is 2.07. The number of thioether (sulfide) groups is 1. The number of rotatable bonds is 4. The SMILES string of the molecule is CC(N)C(Sc1cccs1)c1cc(Br)cs1. The van der Waals surface area contributed by atoms with E-state index in [0.717, 1.165) is 4.47 Å². The van der Waals surface area contributed by atoms with Gasteiger partial charge >= 0.3 is 0 Å². The van der Waals surface area contributed by atoms with Crippen LogP contribution in [-0.4, -0.2) is 6.04 Å². The minimum atomic E-state index is 0.151. The van der Waals surface area contributed by atoms with Gasteiger partial charge < -0.3 is 5.73 Å². The lowest BCUT2D eigenvalue weighted by molar-refractivity contribution is 0.730. The fourth-order valence-corrected chi connectivity index (χ4v) is 5.16. The van der Waals surface area contributed by atoms with Crippen LogP contribution >= 0.6 is 50.4 Å². The summed E-state index contributed by atoms with van der Waals surface area (Å²) in [5.74, 6) is 0. The summed E-state index contributed by atoms with van der Waals surface area (Å²) < 4.78 is 2.47. The van der Waals surface area contributed by atoms with Gasteiger partial charge in [0.2, 0.25) is 0 Å². The Hall–Kier alpha value is 0.190. The first-order valence-electron chi connectivity index (χ1n) is 4.86. The lowest BCUT2D eigenvalue weighted by Gasteiger charge is -2.17. The highest BCUT2D eigenvalue weighted by molar-refractivity contribution is 9.10. The molecule has 0 aliphatic rings. The van der Waals surface area contributed by atoms with Crippen LogP contribution in [0.4, 0.5) is 0 Å². The van der Waals surface area contributed by atoms with Crippen molar-refractivity contribution in [2.45, 2.75) is 22.4 Å². The van der Waals surface area contributed by atoms with Crippen LogP contribution in [0.1, 0.15) is 17.1 Å². The molecule has 86 valence electrons. The Kier molecular flexibility index (Phi) is 4.49. The van der Waals surface area contributed by atoms with Gasteiger partial charge in [0.1, 0.15) is 0 Å². The maximum atomic E-state index is 6.07. The van der Waals surface area contributed by atoms with Crippen LogP contribution in [0.2, 0.25) is 0 Å². The van der Waals surface area contributed by atoms with Gasteiger partial charge in [-0.05, 0) is 40.4 Å². The Morgan fingerprint density at radius 2 is 2.25 bits per heavy atom. The van der Waals surface area contributed by atoms with Gasteiger partial charge in [-0.1, -0.05) is 6.07 Å². The summed E-state index contributed by atoms with van der Waals surface area (Å²) in [5, 5.41) is 4.56. The minimum absolute atomic E-state index is 0.151. The molecule has 2 aromatic rings. The Labute approximate surface area is 116 Å². The van der Waals surface area contributed by atoms with E-state index in [-0.39, 0.29) is 6.04 Å². The maximum Gasteiger partial charge on any atom is 0.0605 e. The molecule has 2 aromatic heterocycles. The van der Waals surface area contributed by atoms with E-state index in [4.69, 9.17) is 5.73 Å². The van der Waals surface area contributed by atoms with Gasteiger partial charge in [0.15, 0.2) is 0 Å². The Balaban J connectivity index is 2.18. The van der Waals surface area contributed by atoms with E-state index in [1.807, 2.05) is 11.8 Å². The molecule has 5 heteroatoms. The summed E-state index contributed by atoms with van der Waals surface area (Å²) >= 11 is 8.88. The molecular weight excluding hydrogens is 322 g/mol. The second-order valence-electron chi connectivity index (χ2n) is 3.50. The molecule has 0 spiro atoms. The van der Waals surface area contributed by atoms with Crippen molar-refractivity contribution in [3.05, 3.63) is 38.3 Å². The average molecular weight is 334 g/mol. The van der Waals surface area contributed by atoms with Crippen molar-refractivity contribution in [1.82, 2.24) is 0 Å². The first kappa shape index (κ1) is 12.6. The molecule has 0 bridgehead atoms. The molecule has 2 rings (SSSR count). The first-order chi connectivity index (χ1) is 7.66. The summed E-state index contributed by atoms with van der Waals surface area (Å²) in [4.78, 5) is 1.33. The van der Waals surface area contributed by atoms with Crippen molar-refractivity contribution in [2.75, 3.05) is 0 Å². The molecule has 2 heterocycles. The van der Waals surface area contributed by atoms with Gasteiger partial charge in [-0.2, -0.15) is 0 Å². The van der Waals surface area contributed by atoms with E-state index in [9.17, 15) is 0 Å². The fraction of sp³-hybridized carbons (Fsp3) is 0.273. The third kappa shape index (κ3) is 3.11. The molecule has 2 N–H and O–H groups in total. The molecular formula is C11H12BrNS3. The van der Waals surface area contributed by atoms with Crippen molar-refractivity contribution in [2.24, 2.45) is 5.73 Å². The number of hydrogen-bond donors (Lipinski definition) is 1. The third-order valence-electron chi connectivity index (χ3n) is 2.08. The van der Waals surface area contributed by atoms with Crippen molar-refractivity contribution in [1.29, 1.82) is 0 Å². The molecule has 0 aliphatic heterocycles. The van der Waals surface area contributed by atoms with Gasteiger partial charge in [-0.25, -0.2) is 0 Å². The van der Waals surface area contributed by atoms with Crippen molar-refractivity contribution in [3.63, 3.8) is 0 Å². The number of halogens is 1. The molecule has 2 atom stereocenters. The van der Waals surface area contributed by atoms with Crippen LogP contribution in [0.25, 0.3) is 0 Å². The summed E-state index contributed by atoms with van der Waals surface area (Å²) in [5.41, 5.74) is 6.07. The molecule has 0 saturated heterocycles. The van der Waals surface area contributed by atoms with Gasteiger partial charge in [0.05, 0.1) is 9.46 Å². The lowest BCUT2D eigenvalue weighted by Crippen LogP contribution is -2.21. The number of nitrogens with two attached hydrogens (primary N) is 1. The fourth-order valence-electron chi connectivity index (χ4n) is 1.36. The van der Waals surface area contributed by atoms with Crippen LogP contribution in [0.15, 0.2) is 37.6 Å². The summed E-state index contributed by atoms with van der Waals surface area (Å²) in [6.07, 6.45) is 0. The van der Waals surface area contributed by atoms with Crippen LogP contribution in [-0.2, 0) is 0 Å². The van der Waals surface area contributed by atoms with Crippen molar-refractivity contribution >= 4 is 50.4 Å². The van der Waals surface area contributed by atoms with Crippen molar-refractivity contribution in [3.8, 4) is 0 Å². The Bertz CT molecular complexity index is 436. The first-order valence-corrected chi connectivity index (χ1v) is 8.29. The van der Waals surface area contributed by atoms with Gasteiger partial charge in [0.25, 0.3) is 0 Å². The van der Waals surface area contributed by atoms with Gasteiger partial charge in [-0.15, -0.1) is 34.4 Å². The topological polar surface area (TPSA) is 26.0 Å². The zero-order valence-corrected chi connectivity index (χ0v) is 12.8. The predicted octanol–water partition coefficient (Wildman–Crippen LogP) is 4.75. The highest BCUT2D eigenvalue weighted by atomic mass is 79.9. The molecule has 0 fully saturated rings. The summed E-state index contributed by atoms with van der Waals surface area (Å²) in [6, 6.07) is 6.54. The standard InChI is InChI=1S/C11H12BrNS3/c1-7(13)11(9-5-8(12)6-15-9)16-10-3-2-4-14-10/h2-7,11H,13H2,1H3. The zero-order chi connectivity index (χ0) is 11.5. The highest BCUT2D eigenvalue weighted by Crippen LogP contribution is 2.42. The molecule has 2 unspecified atom stereocenters. The van der Waals surface area contributed by atoms with E-state index < -0.39 is 0 Å². The minimum Gasteiger partial charge on any atom is -0.327 e. The van der Waals surface area contributed by atoms with Gasteiger partial charge in [-0.3, -0.25) is 0 Å². The van der Waals surface area contributed by atoms with Crippen LogP contribution in [0, 0.1) is 0 Å². The van der Waals surface area contributed by atoms with Crippen LogP contribution in [0.3, 0.4) is 0 Å². The highest BCUT2D eigenvalue weighted by Gasteiger charge is 2.19. The second-order valence-corrected chi connectivity index (χ2v) is 7.74. The molecule has 0 amide bonds. The third-order valence-corrected chi connectivity index (χ3v) is 6.55. The average Bonchev–Trinajstić information content (AvgIpc) is 2.84. The van der Waals surface area contributed by atoms with Crippen molar-refractivity contribution < 1.29 is 0 Å². The molecule has 0 radical (unpaired) electrons. The van der Waals surface area contributed by atoms with E-state index in [1.54, 1.807) is 22.7 Å². The maximum absolute atomic E-state index is 6.07. The monoisotopic (exact) mass is 333 g/mol. The van der Waals surface area contributed by atoms with E-state index in [0.29, 0.717) is 5.25 Å². The normalized spacial score (nSPS) is 14.9. The van der Waals surface area contributed by atoms with E-state index >= 15 is 0 Å². The quantitative estimate of drug-likeness (QED) is 0.817.